The summed E-state index contributed by atoms with van der Waals surface area (Å²) in [6, 6.07) is 8.91. The van der Waals surface area contributed by atoms with E-state index in [1.165, 1.54) is 7.11 Å². The van der Waals surface area contributed by atoms with Gasteiger partial charge in [0, 0.05) is 5.57 Å². The number of rotatable bonds is 2. The Morgan fingerprint density at radius 1 is 1.40 bits per heavy atom. The molecule has 76 valence electrons. The molecule has 0 saturated heterocycles. The van der Waals surface area contributed by atoms with Gasteiger partial charge in [-0.3, -0.25) is 0 Å². The van der Waals surface area contributed by atoms with Gasteiger partial charge in [-0.25, -0.2) is 4.79 Å². The number of ether oxygens (including phenoxy) is 1. The first-order valence-corrected chi connectivity index (χ1v) is 4.44. The summed E-state index contributed by atoms with van der Waals surface area (Å²) in [6.45, 7) is 1.73. The van der Waals surface area contributed by atoms with Crippen LogP contribution in [0.2, 0.25) is 0 Å². The van der Waals surface area contributed by atoms with E-state index in [1.807, 2.05) is 6.07 Å². The molecule has 3 nitrogen and oxygen atoms in total. The zero-order valence-electron chi connectivity index (χ0n) is 8.65. The summed E-state index contributed by atoms with van der Waals surface area (Å²) in [5, 5.41) is 8.58. The fourth-order valence-corrected chi connectivity index (χ4v) is 1.12. The summed E-state index contributed by atoms with van der Waals surface area (Å²) < 4.78 is 4.57. The van der Waals surface area contributed by atoms with E-state index in [9.17, 15) is 4.79 Å². The third-order valence-corrected chi connectivity index (χ3v) is 1.89. The first-order chi connectivity index (χ1) is 7.17. The first kappa shape index (κ1) is 11.0. The Hall–Kier alpha value is -2.08. The maximum absolute atomic E-state index is 11.1. The molecule has 0 heterocycles. The molecule has 1 aromatic carbocycles. The van der Waals surface area contributed by atoms with Gasteiger partial charge in [-0.2, -0.15) is 5.26 Å². The molecule has 15 heavy (non-hydrogen) atoms. The van der Waals surface area contributed by atoms with Gasteiger partial charge in [0.05, 0.1) is 18.7 Å². The minimum Gasteiger partial charge on any atom is -0.465 e. The van der Waals surface area contributed by atoms with Crippen molar-refractivity contribution in [3.63, 3.8) is 0 Å². The molecule has 0 bridgehead atoms. The standard InChI is InChI=1S/C12H11NO2/c1-9(8-13)7-10-3-5-11(6-4-10)12(14)15-2/h3-7H,1-2H3/b9-7-. The molecule has 0 saturated carbocycles. The molecule has 3 heteroatoms. The lowest BCUT2D eigenvalue weighted by Gasteiger charge is -1.99. The molecular weight excluding hydrogens is 190 g/mol. The van der Waals surface area contributed by atoms with Crippen molar-refractivity contribution in [3.8, 4) is 6.07 Å². The van der Waals surface area contributed by atoms with Gasteiger partial charge < -0.3 is 4.74 Å². The van der Waals surface area contributed by atoms with Crippen LogP contribution in [-0.4, -0.2) is 13.1 Å². The second-order valence-electron chi connectivity index (χ2n) is 3.05. The molecule has 0 aliphatic heterocycles. The van der Waals surface area contributed by atoms with E-state index in [0.29, 0.717) is 11.1 Å². The van der Waals surface area contributed by atoms with E-state index in [2.05, 4.69) is 4.74 Å². The number of carbonyl (C=O) groups excluding carboxylic acids is 1. The summed E-state index contributed by atoms with van der Waals surface area (Å²) in [7, 11) is 1.34. The summed E-state index contributed by atoms with van der Waals surface area (Å²) in [4.78, 5) is 11.1. The maximum Gasteiger partial charge on any atom is 0.337 e. The highest BCUT2D eigenvalue weighted by molar-refractivity contribution is 5.89. The molecule has 0 N–H and O–H groups in total. The van der Waals surface area contributed by atoms with Gasteiger partial charge >= 0.3 is 5.97 Å². The van der Waals surface area contributed by atoms with Crippen molar-refractivity contribution in [2.75, 3.05) is 7.11 Å². The molecule has 1 rings (SSSR count). The number of allylic oxidation sites excluding steroid dienone is 1. The smallest absolute Gasteiger partial charge is 0.337 e. The number of benzene rings is 1. The highest BCUT2D eigenvalue weighted by atomic mass is 16.5. The Kier molecular flexibility index (Phi) is 3.64. The zero-order valence-corrected chi connectivity index (χ0v) is 8.65. The van der Waals surface area contributed by atoms with Crippen LogP contribution in [0.4, 0.5) is 0 Å². The average Bonchev–Trinajstić information content (AvgIpc) is 2.29. The fourth-order valence-electron chi connectivity index (χ4n) is 1.12. The SMILES string of the molecule is COC(=O)c1ccc(/C=C(/C)C#N)cc1. The molecule has 0 spiro atoms. The number of hydrogen-bond donors (Lipinski definition) is 0. The van der Waals surface area contributed by atoms with Gasteiger partial charge in [-0.05, 0) is 30.7 Å². The summed E-state index contributed by atoms with van der Waals surface area (Å²) in [6.07, 6.45) is 1.75. The van der Waals surface area contributed by atoms with Crippen molar-refractivity contribution in [3.05, 3.63) is 41.0 Å². The van der Waals surface area contributed by atoms with Crippen LogP contribution in [0.3, 0.4) is 0 Å². The summed E-state index contributed by atoms with van der Waals surface area (Å²) in [5.41, 5.74) is 2.02. The van der Waals surface area contributed by atoms with Crippen molar-refractivity contribution in [1.82, 2.24) is 0 Å². The summed E-state index contributed by atoms with van der Waals surface area (Å²) >= 11 is 0. The second-order valence-corrected chi connectivity index (χ2v) is 3.05. The highest BCUT2D eigenvalue weighted by Crippen LogP contribution is 2.09. The van der Waals surface area contributed by atoms with Gasteiger partial charge in [0.1, 0.15) is 0 Å². The quantitative estimate of drug-likeness (QED) is 0.545. The Labute approximate surface area is 88.6 Å². The van der Waals surface area contributed by atoms with Crippen LogP contribution in [0, 0.1) is 11.3 Å². The van der Waals surface area contributed by atoms with Crippen molar-refractivity contribution >= 4 is 12.0 Å². The number of esters is 1. The molecular formula is C12H11NO2. The third kappa shape index (κ3) is 2.96. The van der Waals surface area contributed by atoms with Gasteiger partial charge in [-0.1, -0.05) is 12.1 Å². The van der Waals surface area contributed by atoms with Crippen molar-refractivity contribution in [2.45, 2.75) is 6.92 Å². The number of nitrogens with zero attached hydrogens (tertiary/aromatic N) is 1. The largest absolute Gasteiger partial charge is 0.465 e. The normalized spacial score (nSPS) is 10.6. The van der Waals surface area contributed by atoms with E-state index < -0.39 is 0 Å². The molecule has 0 atom stereocenters. The molecule has 0 aromatic heterocycles. The molecule has 0 unspecified atom stereocenters. The number of methoxy groups -OCH3 is 1. The third-order valence-electron chi connectivity index (χ3n) is 1.89. The van der Waals surface area contributed by atoms with Crippen LogP contribution in [0.1, 0.15) is 22.8 Å². The Bertz CT molecular complexity index is 424. The topological polar surface area (TPSA) is 50.1 Å². The van der Waals surface area contributed by atoms with E-state index in [-0.39, 0.29) is 5.97 Å². The molecule has 1 aromatic rings. The Morgan fingerprint density at radius 3 is 2.47 bits per heavy atom. The first-order valence-electron chi connectivity index (χ1n) is 4.44. The molecule has 0 amide bonds. The van der Waals surface area contributed by atoms with Gasteiger partial charge in [-0.15, -0.1) is 0 Å². The van der Waals surface area contributed by atoms with Gasteiger partial charge in [0.15, 0.2) is 0 Å². The molecule has 0 aliphatic rings. The van der Waals surface area contributed by atoms with Crippen LogP contribution in [0.5, 0.6) is 0 Å². The minimum atomic E-state index is -0.359. The van der Waals surface area contributed by atoms with E-state index in [1.54, 1.807) is 37.3 Å². The predicted molar refractivity (Wildman–Crippen MR) is 57.0 cm³/mol. The lowest BCUT2D eigenvalue weighted by molar-refractivity contribution is 0.0601. The van der Waals surface area contributed by atoms with Crippen molar-refractivity contribution < 1.29 is 9.53 Å². The van der Waals surface area contributed by atoms with Crippen LogP contribution < -0.4 is 0 Å². The Balaban J connectivity index is 2.92. The zero-order chi connectivity index (χ0) is 11.3. The lowest BCUT2D eigenvalue weighted by atomic mass is 10.1. The number of nitriles is 1. The number of hydrogen-bond acceptors (Lipinski definition) is 3. The predicted octanol–water partition coefficient (Wildman–Crippen LogP) is 2.40. The Morgan fingerprint density at radius 2 is 2.00 bits per heavy atom. The van der Waals surface area contributed by atoms with Crippen molar-refractivity contribution in [2.24, 2.45) is 0 Å². The average molecular weight is 201 g/mol. The van der Waals surface area contributed by atoms with Gasteiger partial charge in [0.25, 0.3) is 0 Å². The van der Waals surface area contributed by atoms with E-state index >= 15 is 0 Å². The van der Waals surface area contributed by atoms with Crippen molar-refractivity contribution in [1.29, 1.82) is 5.26 Å². The summed E-state index contributed by atoms with van der Waals surface area (Å²) in [5.74, 6) is -0.359. The van der Waals surface area contributed by atoms with E-state index in [0.717, 1.165) is 5.56 Å². The van der Waals surface area contributed by atoms with Gasteiger partial charge in [0.2, 0.25) is 0 Å². The highest BCUT2D eigenvalue weighted by Gasteiger charge is 2.03. The lowest BCUT2D eigenvalue weighted by Crippen LogP contribution is -2.00. The van der Waals surface area contributed by atoms with E-state index in [4.69, 9.17) is 5.26 Å². The maximum atomic E-state index is 11.1. The van der Waals surface area contributed by atoms with Crippen LogP contribution in [0.15, 0.2) is 29.8 Å². The molecule has 0 aliphatic carbocycles. The minimum absolute atomic E-state index is 0.359. The molecule has 0 fully saturated rings. The fraction of sp³-hybridized carbons (Fsp3) is 0.167. The van der Waals surface area contributed by atoms with Crippen LogP contribution >= 0.6 is 0 Å². The monoisotopic (exact) mass is 201 g/mol. The second kappa shape index (κ2) is 4.97. The van der Waals surface area contributed by atoms with Crippen LogP contribution in [0.25, 0.3) is 6.08 Å². The number of carbonyl (C=O) groups is 1. The molecule has 0 radical (unpaired) electrons. The van der Waals surface area contributed by atoms with Crippen LogP contribution in [-0.2, 0) is 4.74 Å².